The van der Waals surface area contributed by atoms with E-state index in [1.54, 1.807) is 4.90 Å². The number of oxazole rings is 1. The molecular formula is C15H16FN3O2. The minimum atomic E-state index is -0.453. The third kappa shape index (κ3) is 2.66. The number of halogens is 1. The zero-order valence-electron chi connectivity index (χ0n) is 12.0. The zero-order chi connectivity index (χ0) is 15.0. The van der Waals surface area contributed by atoms with Gasteiger partial charge in [-0.2, -0.15) is 0 Å². The summed E-state index contributed by atoms with van der Waals surface area (Å²) in [7, 11) is 0. The fourth-order valence-corrected chi connectivity index (χ4v) is 2.30. The van der Waals surface area contributed by atoms with Crippen LogP contribution in [0.4, 0.5) is 4.39 Å². The first-order valence-corrected chi connectivity index (χ1v) is 6.94. The summed E-state index contributed by atoms with van der Waals surface area (Å²) >= 11 is 0. The molecule has 2 aromatic heterocycles. The number of aromatic nitrogens is 2. The maximum Gasteiger partial charge on any atom is 0.272 e. The van der Waals surface area contributed by atoms with Gasteiger partial charge < -0.3 is 9.32 Å². The average molecular weight is 289 g/mol. The van der Waals surface area contributed by atoms with Crippen molar-refractivity contribution in [1.82, 2.24) is 14.9 Å². The van der Waals surface area contributed by atoms with E-state index in [-0.39, 0.29) is 17.5 Å². The summed E-state index contributed by atoms with van der Waals surface area (Å²) in [5.41, 5.74) is 1.05. The molecule has 5 nitrogen and oxygen atoms in total. The summed E-state index contributed by atoms with van der Waals surface area (Å²) in [6.07, 6.45) is 1.69. The van der Waals surface area contributed by atoms with Crippen molar-refractivity contribution in [2.24, 2.45) is 0 Å². The van der Waals surface area contributed by atoms with Gasteiger partial charge in [-0.3, -0.25) is 4.79 Å². The Morgan fingerprint density at radius 2 is 2.24 bits per heavy atom. The Morgan fingerprint density at radius 3 is 2.90 bits per heavy atom. The van der Waals surface area contributed by atoms with E-state index in [1.807, 2.05) is 13.8 Å². The molecule has 1 aliphatic rings. The highest BCUT2D eigenvalue weighted by Crippen LogP contribution is 2.24. The van der Waals surface area contributed by atoms with Gasteiger partial charge in [0, 0.05) is 18.9 Å². The number of fused-ring (bicyclic) bond motifs is 1. The van der Waals surface area contributed by atoms with Crippen LogP contribution in [0.3, 0.4) is 0 Å². The van der Waals surface area contributed by atoms with Crippen molar-refractivity contribution >= 4 is 5.91 Å². The van der Waals surface area contributed by atoms with E-state index in [0.717, 1.165) is 17.7 Å². The molecule has 0 N–H and O–H groups in total. The minimum absolute atomic E-state index is 0.213. The Bertz CT molecular complexity index is 664. The van der Waals surface area contributed by atoms with E-state index < -0.39 is 5.82 Å². The summed E-state index contributed by atoms with van der Waals surface area (Å²) in [5, 5.41) is 0. The lowest BCUT2D eigenvalue weighted by molar-refractivity contribution is 0.0721. The zero-order valence-corrected chi connectivity index (χ0v) is 12.0. The number of carbonyl (C=O) groups is 1. The molecule has 3 rings (SSSR count). The molecule has 0 aliphatic carbocycles. The Kier molecular flexibility index (Phi) is 3.45. The van der Waals surface area contributed by atoms with Gasteiger partial charge in [-0.1, -0.05) is 13.8 Å². The highest BCUT2D eigenvalue weighted by molar-refractivity contribution is 5.92. The van der Waals surface area contributed by atoms with Gasteiger partial charge in [0.25, 0.3) is 5.91 Å². The van der Waals surface area contributed by atoms with Gasteiger partial charge in [0.2, 0.25) is 0 Å². The second-order valence-electron chi connectivity index (χ2n) is 5.42. The van der Waals surface area contributed by atoms with Crippen LogP contribution in [-0.2, 0) is 13.0 Å². The molecule has 2 aromatic rings. The molecular weight excluding hydrogens is 273 g/mol. The second-order valence-corrected chi connectivity index (χ2v) is 5.42. The molecule has 0 unspecified atom stereocenters. The molecule has 3 heterocycles. The molecule has 0 bridgehead atoms. The van der Waals surface area contributed by atoms with Gasteiger partial charge in [0.1, 0.15) is 23.0 Å². The number of carbonyl (C=O) groups excluding carboxylic acids is 1. The van der Waals surface area contributed by atoms with Crippen molar-refractivity contribution in [3.63, 3.8) is 0 Å². The SMILES string of the molecule is CC(C)c1nc2c(o1)CCN(C(=O)c1ccc(F)cn1)C2. The van der Waals surface area contributed by atoms with Crippen molar-refractivity contribution < 1.29 is 13.6 Å². The summed E-state index contributed by atoms with van der Waals surface area (Å²) in [6, 6.07) is 2.64. The monoisotopic (exact) mass is 289 g/mol. The van der Waals surface area contributed by atoms with Crippen LogP contribution < -0.4 is 0 Å². The Labute approximate surface area is 121 Å². The van der Waals surface area contributed by atoms with Crippen LogP contribution in [-0.4, -0.2) is 27.3 Å². The van der Waals surface area contributed by atoms with Crippen LogP contribution in [0.25, 0.3) is 0 Å². The van der Waals surface area contributed by atoms with Crippen molar-refractivity contribution in [3.05, 3.63) is 47.2 Å². The predicted molar refractivity (Wildman–Crippen MR) is 73.2 cm³/mol. The van der Waals surface area contributed by atoms with Crippen molar-refractivity contribution in [1.29, 1.82) is 0 Å². The summed E-state index contributed by atoms with van der Waals surface area (Å²) < 4.78 is 18.6. The molecule has 6 heteroatoms. The predicted octanol–water partition coefficient (Wildman–Crippen LogP) is 2.53. The molecule has 0 atom stereocenters. The lowest BCUT2D eigenvalue weighted by Gasteiger charge is -2.24. The van der Waals surface area contributed by atoms with Crippen LogP contribution in [0.1, 0.15) is 47.6 Å². The molecule has 0 saturated heterocycles. The molecule has 0 spiro atoms. The van der Waals surface area contributed by atoms with Gasteiger partial charge in [0.05, 0.1) is 12.7 Å². The molecule has 1 amide bonds. The highest BCUT2D eigenvalue weighted by Gasteiger charge is 2.27. The highest BCUT2D eigenvalue weighted by atomic mass is 19.1. The summed E-state index contributed by atoms with van der Waals surface area (Å²) in [6.45, 7) is 4.99. The molecule has 0 radical (unpaired) electrons. The minimum Gasteiger partial charge on any atom is -0.445 e. The number of hydrogen-bond acceptors (Lipinski definition) is 4. The Balaban J connectivity index is 1.79. The Morgan fingerprint density at radius 1 is 1.43 bits per heavy atom. The molecule has 0 saturated carbocycles. The second kappa shape index (κ2) is 5.27. The average Bonchev–Trinajstić information content (AvgIpc) is 2.90. The maximum atomic E-state index is 12.9. The Hall–Kier alpha value is -2.24. The van der Waals surface area contributed by atoms with Gasteiger partial charge in [-0.05, 0) is 12.1 Å². The number of amides is 1. The lowest BCUT2D eigenvalue weighted by Crippen LogP contribution is -2.36. The van der Waals surface area contributed by atoms with Crippen LogP contribution in [0.5, 0.6) is 0 Å². The summed E-state index contributed by atoms with van der Waals surface area (Å²) in [4.78, 5) is 22.3. The third-order valence-electron chi connectivity index (χ3n) is 3.47. The van der Waals surface area contributed by atoms with Crippen LogP contribution >= 0.6 is 0 Å². The lowest BCUT2D eigenvalue weighted by atomic mass is 10.1. The number of rotatable bonds is 2. The van der Waals surface area contributed by atoms with E-state index in [0.29, 0.717) is 25.4 Å². The standard InChI is InChI=1S/C15H16FN3O2/c1-9(2)14-18-12-8-19(6-5-13(12)21-14)15(20)11-4-3-10(16)7-17-11/h3-4,7,9H,5-6,8H2,1-2H3. The fraction of sp³-hybridized carbons (Fsp3) is 0.400. The van der Waals surface area contributed by atoms with E-state index in [2.05, 4.69) is 9.97 Å². The van der Waals surface area contributed by atoms with E-state index >= 15 is 0 Å². The van der Waals surface area contributed by atoms with Crippen LogP contribution in [0.15, 0.2) is 22.7 Å². The van der Waals surface area contributed by atoms with E-state index in [1.165, 1.54) is 12.1 Å². The smallest absolute Gasteiger partial charge is 0.272 e. The third-order valence-corrected chi connectivity index (χ3v) is 3.47. The first kappa shape index (κ1) is 13.7. The largest absolute Gasteiger partial charge is 0.445 e. The normalized spacial score (nSPS) is 14.4. The van der Waals surface area contributed by atoms with Gasteiger partial charge in [0.15, 0.2) is 5.89 Å². The molecule has 1 aliphatic heterocycles. The van der Waals surface area contributed by atoms with Crippen molar-refractivity contribution in [2.45, 2.75) is 32.7 Å². The van der Waals surface area contributed by atoms with Gasteiger partial charge in [-0.25, -0.2) is 14.4 Å². The fourth-order valence-electron chi connectivity index (χ4n) is 2.30. The number of pyridine rings is 1. The van der Waals surface area contributed by atoms with Crippen molar-refractivity contribution in [2.75, 3.05) is 6.54 Å². The molecule has 21 heavy (non-hydrogen) atoms. The van der Waals surface area contributed by atoms with Crippen molar-refractivity contribution in [3.8, 4) is 0 Å². The van der Waals surface area contributed by atoms with E-state index in [4.69, 9.17) is 4.42 Å². The van der Waals surface area contributed by atoms with Crippen LogP contribution in [0.2, 0.25) is 0 Å². The number of nitrogens with zero attached hydrogens (tertiary/aromatic N) is 3. The topological polar surface area (TPSA) is 59.2 Å². The van der Waals surface area contributed by atoms with Gasteiger partial charge >= 0.3 is 0 Å². The summed E-state index contributed by atoms with van der Waals surface area (Å²) in [5.74, 6) is 1.11. The molecule has 0 fully saturated rings. The quantitative estimate of drug-likeness (QED) is 0.852. The first-order chi connectivity index (χ1) is 10.0. The number of hydrogen-bond donors (Lipinski definition) is 0. The molecule has 0 aromatic carbocycles. The first-order valence-electron chi connectivity index (χ1n) is 6.94. The van der Waals surface area contributed by atoms with E-state index in [9.17, 15) is 9.18 Å². The maximum absolute atomic E-state index is 12.9. The van der Waals surface area contributed by atoms with Gasteiger partial charge in [-0.15, -0.1) is 0 Å². The van der Waals surface area contributed by atoms with Crippen LogP contribution in [0, 0.1) is 5.82 Å². The molecule has 110 valence electrons.